The largest absolute Gasteiger partial charge is 0.506 e. The van der Waals surface area contributed by atoms with E-state index in [1.807, 2.05) is 28.7 Å². The molecule has 0 aromatic heterocycles. The predicted octanol–water partition coefficient (Wildman–Crippen LogP) is 3.95. The Kier molecular flexibility index (Phi) is 6.45. The molecule has 0 heterocycles. The van der Waals surface area contributed by atoms with Gasteiger partial charge < -0.3 is 5.11 Å². The van der Waals surface area contributed by atoms with E-state index in [9.17, 15) is 9.90 Å². The molecule has 1 amide bonds. The zero-order chi connectivity index (χ0) is 16.1. The Hall–Kier alpha value is -0.870. The summed E-state index contributed by atoms with van der Waals surface area (Å²) >= 11 is 9.99. The summed E-state index contributed by atoms with van der Waals surface area (Å²) in [6.07, 6.45) is 1.64. The minimum atomic E-state index is -0.238. The Balaban J connectivity index is 1.97. The van der Waals surface area contributed by atoms with Gasteiger partial charge in [-0.1, -0.05) is 23.7 Å². The zero-order valence-electron chi connectivity index (χ0n) is 11.2. The zero-order valence-corrected chi connectivity index (χ0v) is 16.3. The molecular formula is C15H11ClI2N2O2. The average Bonchev–Trinajstić information content (AvgIpc) is 2.46. The smallest absolute Gasteiger partial charge is 0.244 e. The fourth-order valence-electron chi connectivity index (χ4n) is 1.69. The summed E-state index contributed by atoms with van der Waals surface area (Å²) in [6, 6.07) is 10.7. The van der Waals surface area contributed by atoms with Gasteiger partial charge in [-0.15, -0.1) is 0 Å². The van der Waals surface area contributed by atoms with Gasteiger partial charge in [-0.2, -0.15) is 5.10 Å². The minimum Gasteiger partial charge on any atom is -0.506 e. The van der Waals surface area contributed by atoms with Gasteiger partial charge in [0.05, 0.1) is 16.2 Å². The molecule has 0 aliphatic carbocycles. The van der Waals surface area contributed by atoms with E-state index >= 15 is 0 Å². The topological polar surface area (TPSA) is 61.7 Å². The van der Waals surface area contributed by atoms with E-state index in [1.165, 1.54) is 6.21 Å². The third kappa shape index (κ3) is 5.10. The molecule has 4 nitrogen and oxygen atoms in total. The molecule has 22 heavy (non-hydrogen) atoms. The van der Waals surface area contributed by atoms with Gasteiger partial charge in [-0.05, 0) is 75.0 Å². The summed E-state index contributed by atoms with van der Waals surface area (Å²) in [5.74, 6) is -0.0879. The lowest BCUT2D eigenvalue weighted by Gasteiger charge is -2.03. The lowest BCUT2D eigenvalue weighted by Crippen LogP contribution is -2.19. The molecule has 0 fully saturated rings. The first kappa shape index (κ1) is 17.5. The number of rotatable bonds is 4. The standard InChI is InChI=1S/C15H11ClI2N2O2/c16-11-3-1-9(2-4-11)5-14(21)20-19-8-10-6-12(17)7-13(18)15(10)22/h1-4,6-8,22H,5H2,(H,20,21)/b19-8-. The Bertz CT molecular complexity index is 718. The van der Waals surface area contributed by atoms with E-state index in [0.29, 0.717) is 10.6 Å². The van der Waals surface area contributed by atoms with Crippen molar-refractivity contribution in [2.24, 2.45) is 5.10 Å². The number of aromatic hydroxyl groups is 1. The van der Waals surface area contributed by atoms with E-state index in [2.05, 4.69) is 33.1 Å². The fourth-order valence-corrected chi connectivity index (χ4v) is 3.70. The fraction of sp³-hybridized carbons (Fsp3) is 0.0667. The number of nitrogens with zero attached hydrogens (tertiary/aromatic N) is 1. The number of nitrogens with one attached hydrogen (secondary N) is 1. The van der Waals surface area contributed by atoms with Crippen LogP contribution >= 0.6 is 56.8 Å². The second-order valence-corrected chi connectivity index (χ2v) is 7.27. The number of phenols is 1. The van der Waals surface area contributed by atoms with E-state index in [-0.39, 0.29) is 18.1 Å². The van der Waals surface area contributed by atoms with Gasteiger partial charge in [-0.3, -0.25) is 4.79 Å². The Morgan fingerprint density at radius 3 is 2.64 bits per heavy atom. The van der Waals surface area contributed by atoms with Crippen molar-refractivity contribution in [2.45, 2.75) is 6.42 Å². The summed E-state index contributed by atoms with van der Waals surface area (Å²) in [7, 11) is 0. The Morgan fingerprint density at radius 1 is 1.27 bits per heavy atom. The van der Waals surface area contributed by atoms with Crippen LogP contribution in [-0.4, -0.2) is 17.2 Å². The highest BCUT2D eigenvalue weighted by Gasteiger charge is 2.06. The van der Waals surface area contributed by atoms with Crippen LogP contribution < -0.4 is 5.43 Å². The van der Waals surface area contributed by atoms with Crippen molar-refractivity contribution in [1.29, 1.82) is 0 Å². The van der Waals surface area contributed by atoms with Crippen LogP contribution in [0.15, 0.2) is 41.5 Å². The van der Waals surface area contributed by atoms with Gasteiger partial charge in [-0.25, -0.2) is 5.43 Å². The van der Waals surface area contributed by atoms with E-state index in [1.54, 1.807) is 30.3 Å². The van der Waals surface area contributed by atoms with Crippen LogP contribution in [0.4, 0.5) is 0 Å². The van der Waals surface area contributed by atoms with Crippen molar-refractivity contribution in [3.63, 3.8) is 0 Å². The first-order valence-electron chi connectivity index (χ1n) is 6.20. The molecular weight excluding hydrogens is 529 g/mol. The molecule has 0 aliphatic rings. The molecule has 0 spiro atoms. The molecule has 0 bridgehead atoms. The SMILES string of the molecule is O=C(Cc1ccc(Cl)cc1)N/N=C\c1cc(I)cc(I)c1O. The maximum Gasteiger partial charge on any atom is 0.244 e. The maximum atomic E-state index is 11.8. The molecule has 0 saturated carbocycles. The second kappa shape index (κ2) is 8.11. The van der Waals surface area contributed by atoms with Crippen molar-refractivity contribution in [2.75, 3.05) is 0 Å². The lowest BCUT2D eigenvalue weighted by molar-refractivity contribution is -0.120. The van der Waals surface area contributed by atoms with Crippen molar-refractivity contribution < 1.29 is 9.90 Å². The minimum absolute atomic E-state index is 0.150. The van der Waals surface area contributed by atoms with Crippen LogP contribution in [0.3, 0.4) is 0 Å². The number of hydrogen-bond donors (Lipinski definition) is 2. The van der Waals surface area contributed by atoms with E-state index < -0.39 is 0 Å². The molecule has 0 aliphatic heterocycles. The van der Waals surface area contributed by atoms with E-state index in [0.717, 1.165) is 12.7 Å². The number of carbonyl (C=O) groups is 1. The number of benzene rings is 2. The Morgan fingerprint density at radius 2 is 1.95 bits per heavy atom. The summed E-state index contributed by atoms with van der Waals surface area (Å²) in [5.41, 5.74) is 3.85. The number of phenolic OH excluding ortho intramolecular Hbond substituents is 1. The first-order valence-corrected chi connectivity index (χ1v) is 8.73. The van der Waals surface area contributed by atoms with E-state index in [4.69, 9.17) is 11.6 Å². The second-order valence-electron chi connectivity index (χ2n) is 4.42. The number of amides is 1. The molecule has 2 rings (SSSR count). The van der Waals surface area contributed by atoms with Gasteiger partial charge in [0.2, 0.25) is 5.91 Å². The number of carbonyl (C=O) groups excluding carboxylic acids is 1. The van der Waals surface area contributed by atoms with Gasteiger partial charge in [0.15, 0.2) is 0 Å². The normalized spacial score (nSPS) is 10.9. The van der Waals surface area contributed by atoms with Gasteiger partial charge in [0, 0.05) is 14.2 Å². The lowest BCUT2D eigenvalue weighted by atomic mass is 10.1. The van der Waals surface area contributed by atoms with Crippen LogP contribution in [0.1, 0.15) is 11.1 Å². The quantitative estimate of drug-likeness (QED) is 0.351. The molecule has 0 radical (unpaired) electrons. The third-order valence-electron chi connectivity index (χ3n) is 2.73. The van der Waals surface area contributed by atoms with Crippen LogP contribution in [0, 0.1) is 7.14 Å². The van der Waals surface area contributed by atoms with Gasteiger partial charge in [0.25, 0.3) is 0 Å². The molecule has 0 atom stereocenters. The summed E-state index contributed by atoms with van der Waals surface area (Å²) in [6.45, 7) is 0. The number of halogens is 3. The first-order chi connectivity index (χ1) is 10.5. The average molecular weight is 541 g/mol. The highest BCUT2D eigenvalue weighted by molar-refractivity contribution is 14.1. The molecule has 2 N–H and O–H groups in total. The molecule has 7 heteroatoms. The maximum absolute atomic E-state index is 11.8. The number of hydrazone groups is 1. The monoisotopic (exact) mass is 540 g/mol. The Labute approximate surface area is 160 Å². The van der Waals surface area contributed by atoms with Gasteiger partial charge >= 0.3 is 0 Å². The third-order valence-corrected chi connectivity index (χ3v) is 4.43. The molecule has 2 aromatic rings. The molecule has 0 saturated heterocycles. The highest BCUT2D eigenvalue weighted by atomic mass is 127. The van der Waals surface area contributed by atoms with Crippen LogP contribution in [0.5, 0.6) is 5.75 Å². The van der Waals surface area contributed by atoms with Crippen LogP contribution in [0.2, 0.25) is 5.02 Å². The summed E-state index contributed by atoms with van der Waals surface area (Å²) < 4.78 is 1.71. The van der Waals surface area contributed by atoms with Crippen molar-refractivity contribution in [3.05, 3.63) is 59.7 Å². The molecule has 0 unspecified atom stereocenters. The molecule has 2 aromatic carbocycles. The summed E-state index contributed by atoms with van der Waals surface area (Å²) in [4.78, 5) is 11.8. The van der Waals surface area contributed by atoms with Crippen molar-refractivity contribution in [1.82, 2.24) is 5.43 Å². The van der Waals surface area contributed by atoms with Crippen LogP contribution in [0.25, 0.3) is 0 Å². The number of hydrogen-bond acceptors (Lipinski definition) is 3. The van der Waals surface area contributed by atoms with Crippen LogP contribution in [-0.2, 0) is 11.2 Å². The van der Waals surface area contributed by atoms with Gasteiger partial charge in [0.1, 0.15) is 5.75 Å². The van der Waals surface area contributed by atoms with Crippen molar-refractivity contribution >= 4 is 68.9 Å². The molecule has 114 valence electrons. The summed E-state index contributed by atoms with van der Waals surface area (Å²) in [5, 5.41) is 14.4. The highest BCUT2D eigenvalue weighted by Crippen LogP contribution is 2.25. The van der Waals surface area contributed by atoms with Crippen molar-refractivity contribution in [3.8, 4) is 5.75 Å². The predicted molar refractivity (Wildman–Crippen MR) is 104 cm³/mol.